The first-order chi connectivity index (χ1) is 12.0. The number of hydrogen-bond donors (Lipinski definition) is 2. The molecule has 4 nitrogen and oxygen atoms in total. The predicted molar refractivity (Wildman–Crippen MR) is 93.7 cm³/mol. The number of aryl methyl sites for hydroxylation is 2. The molecule has 0 atom stereocenters. The number of nitrogens with zero attached hydrogens (tertiary/aromatic N) is 1. The molecule has 0 amide bonds. The van der Waals surface area contributed by atoms with Gasteiger partial charge in [-0.3, -0.25) is 4.79 Å². The van der Waals surface area contributed by atoms with Gasteiger partial charge in [-0.2, -0.15) is 5.26 Å². The number of carboxylic acid groups (broad SMARTS) is 1. The largest absolute Gasteiger partial charge is 0.481 e. The molecule has 0 unspecified atom stereocenters. The number of aromatic amines is 1. The molecule has 2 aromatic carbocycles. The Kier molecular flexibility index (Phi) is 4.53. The van der Waals surface area contributed by atoms with Crippen LogP contribution in [0.15, 0.2) is 36.4 Å². The first-order valence-electron chi connectivity index (χ1n) is 8.02. The number of halogens is 1. The van der Waals surface area contributed by atoms with Gasteiger partial charge in [-0.05, 0) is 72.9 Å². The Hall–Kier alpha value is -3.13. The second kappa shape index (κ2) is 6.78. The van der Waals surface area contributed by atoms with E-state index in [2.05, 4.69) is 11.1 Å². The molecule has 25 heavy (non-hydrogen) atoms. The molecule has 3 rings (SSSR count). The second-order valence-corrected chi connectivity index (χ2v) is 6.06. The van der Waals surface area contributed by atoms with E-state index in [-0.39, 0.29) is 12.2 Å². The zero-order chi connectivity index (χ0) is 18.0. The van der Waals surface area contributed by atoms with Crippen molar-refractivity contribution in [1.82, 2.24) is 4.98 Å². The highest BCUT2D eigenvalue weighted by molar-refractivity contribution is 5.91. The average Bonchev–Trinajstić information content (AvgIpc) is 2.95. The summed E-state index contributed by atoms with van der Waals surface area (Å²) >= 11 is 0. The molecule has 126 valence electrons. The highest BCUT2D eigenvalue weighted by atomic mass is 19.1. The third-order valence-electron chi connectivity index (χ3n) is 4.30. The van der Waals surface area contributed by atoms with Crippen molar-refractivity contribution in [2.24, 2.45) is 0 Å². The Morgan fingerprint density at radius 1 is 1.28 bits per heavy atom. The molecule has 0 aliphatic rings. The zero-order valence-corrected chi connectivity index (χ0v) is 13.8. The molecule has 0 saturated heterocycles. The van der Waals surface area contributed by atoms with E-state index in [4.69, 9.17) is 10.4 Å². The molecule has 0 aliphatic carbocycles. The lowest BCUT2D eigenvalue weighted by molar-refractivity contribution is -0.137. The van der Waals surface area contributed by atoms with Crippen molar-refractivity contribution in [3.8, 4) is 17.3 Å². The predicted octanol–water partition coefficient (Wildman–Crippen LogP) is 4.56. The Balaban J connectivity index is 2.13. The van der Waals surface area contributed by atoms with Crippen molar-refractivity contribution >= 4 is 16.9 Å². The maximum absolute atomic E-state index is 13.6. The molecule has 0 spiro atoms. The van der Waals surface area contributed by atoms with Gasteiger partial charge < -0.3 is 10.1 Å². The number of aromatic nitrogens is 1. The lowest BCUT2D eigenvalue weighted by Gasteiger charge is -2.06. The number of H-pyrrole nitrogens is 1. The maximum atomic E-state index is 13.6. The van der Waals surface area contributed by atoms with Crippen LogP contribution in [0, 0.1) is 24.1 Å². The lowest BCUT2D eigenvalue weighted by Crippen LogP contribution is -1.97. The number of carboxylic acids is 1. The van der Waals surface area contributed by atoms with Crippen molar-refractivity contribution in [1.29, 1.82) is 5.26 Å². The summed E-state index contributed by atoms with van der Waals surface area (Å²) in [5, 5.41) is 19.0. The molecule has 0 bridgehead atoms. The first-order valence-corrected chi connectivity index (χ1v) is 8.02. The van der Waals surface area contributed by atoms with Crippen LogP contribution in [-0.2, 0) is 11.2 Å². The van der Waals surface area contributed by atoms with Crippen molar-refractivity contribution in [3.63, 3.8) is 0 Å². The molecule has 0 aliphatic heterocycles. The van der Waals surface area contributed by atoms with Crippen LogP contribution in [0.25, 0.3) is 22.2 Å². The van der Waals surface area contributed by atoms with Gasteiger partial charge in [0.15, 0.2) is 0 Å². The first kappa shape index (κ1) is 16.7. The third kappa shape index (κ3) is 3.38. The molecule has 3 aromatic rings. The Bertz CT molecular complexity index is 999. The Labute approximate surface area is 144 Å². The fourth-order valence-electron chi connectivity index (χ4n) is 3.04. The summed E-state index contributed by atoms with van der Waals surface area (Å²) in [6.45, 7) is 1.71. The topological polar surface area (TPSA) is 76.9 Å². The monoisotopic (exact) mass is 336 g/mol. The summed E-state index contributed by atoms with van der Waals surface area (Å²) in [4.78, 5) is 14.2. The maximum Gasteiger partial charge on any atom is 0.303 e. The molecule has 0 radical (unpaired) electrons. The van der Waals surface area contributed by atoms with Crippen molar-refractivity contribution in [3.05, 3.63) is 58.9 Å². The molecule has 5 heteroatoms. The van der Waals surface area contributed by atoms with Crippen LogP contribution in [0.2, 0.25) is 0 Å². The minimum absolute atomic E-state index is 0.0759. The van der Waals surface area contributed by atoms with Crippen LogP contribution < -0.4 is 0 Å². The summed E-state index contributed by atoms with van der Waals surface area (Å²) < 4.78 is 13.6. The molecular formula is C20H17FN2O2. The van der Waals surface area contributed by atoms with Crippen molar-refractivity contribution < 1.29 is 14.3 Å². The van der Waals surface area contributed by atoms with E-state index in [1.807, 2.05) is 12.1 Å². The number of rotatable bonds is 5. The molecule has 2 N–H and O–H groups in total. The minimum atomic E-state index is -0.836. The van der Waals surface area contributed by atoms with Crippen LogP contribution in [0.3, 0.4) is 0 Å². The van der Waals surface area contributed by atoms with E-state index < -0.39 is 5.97 Å². The Morgan fingerprint density at radius 2 is 2.08 bits per heavy atom. The zero-order valence-electron chi connectivity index (χ0n) is 13.8. The molecule has 0 fully saturated rings. The summed E-state index contributed by atoms with van der Waals surface area (Å²) in [5.41, 5.74) is 4.62. The number of aliphatic carboxylic acids is 1. The van der Waals surface area contributed by atoms with Crippen LogP contribution in [0.5, 0.6) is 0 Å². The number of fused-ring (bicyclic) bond motifs is 1. The van der Waals surface area contributed by atoms with Gasteiger partial charge in [0, 0.05) is 23.0 Å². The number of carbonyl (C=O) groups is 1. The molecule has 1 aromatic heterocycles. The number of nitriles is 1. The minimum Gasteiger partial charge on any atom is -0.481 e. The standard InChI is InChI=1S/C20H17FN2O2/c1-12-9-14(6-7-17(12)21)20-15(3-2-4-19(24)25)16-10-13(11-22)5-8-18(16)23-20/h5-10,23H,2-4H2,1H3,(H,24,25). The van der Waals surface area contributed by atoms with Crippen molar-refractivity contribution in [2.75, 3.05) is 0 Å². The fourth-order valence-corrected chi connectivity index (χ4v) is 3.04. The number of benzene rings is 2. The SMILES string of the molecule is Cc1cc(-c2[nH]c3ccc(C#N)cc3c2CCCC(=O)O)ccc1F. The van der Waals surface area contributed by atoms with Gasteiger partial charge in [-0.25, -0.2) is 4.39 Å². The van der Waals surface area contributed by atoms with E-state index >= 15 is 0 Å². The van der Waals surface area contributed by atoms with Gasteiger partial charge in [0.1, 0.15) is 5.82 Å². The molecule has 1 heterocycles. The van der Waals surface area contributed by atoms with Crippen LogP contribution in [0.1, 0.15) is 29.5 Å². The third-order valence-corrected chi connectivity index (χ3v) is 4.30. The average molecular weight is 336 g/mol. The number of nitrogens with one attached hydrogen (secondary N) is 1. The smallest absolute Gasteiger partial charge is 0.303 e. The van der Waals surface area contributed by atoms with Gasteiger partial charge in [-0.1, -0.05) is 0 Å². The van der Waals surface area contributed by atoms with E-state index in [0.29, 0.717) is 24.0 Å². The second-order valence-electron chi connectivity index (χ2n) is 6.06. The van der Waals surface area contributed by atoms with Gasteiger partial charge in [0.2, 0.25) is 0 Å². The van der Waals surface area contributed by atoms with Crippen molar-refractivity contribution in [2.45, 2.75) is 26.2 Å². The van der Waals surface area contributed by atoms with Crippen LogP contribution in [0.4, 0.5) is 4.39 Å². The van der Waals surface area contributed by atoms with Gasteiger partial charge >= 0.3 is 5.97 Å². The van der Waals surface area contributed by atoms with Gasteiger partial charge in [0.25, 0.3) is 0 Å². The Morgan fingerprint density at radius 3 is 2.76 bits per heavy atom. The quantitative estimate of drug-likeness (QED) is 0.717. The number of hydrogen-bond acceptors (Lipinski definition) is 2. The van der Waals surface area contributed by atoms with Crippen LogP contribution >= 0.6 is 0 Å². The highest BCUT2D eigenvalue weighted by Crippen LogP contribution is 2.33. The van der Waals surface area contributed by atoms with Gasteiger partial charge in [-0.15, -0.1) is 0 Å². The van der Waals surface area contributed by atoms with E-state index in [9.17, 15) is 9.18 Å². The summed E-state index contributed by atoms with van der Waals surface area (Å²) in [6.07, 6.45) is 1.13. The van der Waals surface area contributed by atoms with E-state index in [0.717, 1.165) is 27.7 Å². The fraction of sp³-hybridized carbons (Fsp3) is 0.200. The van der Waals surface area contributed by atoms with E-state index in [1.165, 1.54) is 6.07 Å². The van der Waals surface area contributed by atoms with Crippen LogP contribution in [-0.4, -0.2) is 16.1 Å². The molecular weight excluding hydrogens is 319 g/mol. The van der Waals surface area contributed by atoms with Gasteiger partial charge in [0.05, 0.1) is 11.6 Å². The normalized spacial score (nSPS) is 10.8. The lowest BCUT2D eigenvalue weighted by atomic mass is 9.98. The highest BCUT2D eigenvalue weighted by Gasteiger charge is 2.15. The van der Waals surface area contributed by atoms with E-state index in [1.54, 1.807) is 25.1 Å². The molecule has 0 saturated carbocycles. The summed E-state index contributed by atoms with van der Waals surface area (Å²) in [6, 6.07) is 12.4. The summed E-state index contributed by atoms with van der Waals surface area (Å²) in [5.74, 6) is -1.10. The summed E-state index contributed by atoms with van der Waals surface area (Å²) in [7, 11) is 0.